The van der Waals surface area contributed by atoms with Crippen LogP contribution in [0.25, 0.3) is 0 Å². The van der Waals surface area contributed by atoms with Crippen LogP contribution in [0.1, 0.15) is 142 Å². The monoisotopic (exact) mass is 821 g/mol. The fourth-order valence-corrected chi connectivity index (χ4v) is 5.75. The number of nitrogens with zero attached hydrogens (tertiary/aromatic N) is 1. The summed E-state index contributed by atoms with van der Waals surface area (Å²) in [4.78, 5) is 37.0. The molecule has 332 valence electrons. The first kappa shape index (κ1) is 55.0. The van der Waals surface area contributed by atoms with E-state index in [1.807, 2.05) is 21.1 Å². The molecule has 0 aromatic carbocycles. The molecule has 8 heteroatoms. The number of esters is 2. The molecule has 0 rings (SSSR count). The van der Waals surface area contributed by atoms with Gasteiger partial charge in [-0.05, 0) is 96.3 Å². The van der Waals surface area contributed by atoms with Crippen molar-refractivity contribution in [2.75, 3.05) is 41.0 Å². The Morgan fingerprint density at radius 2 is 0.898 bits per heavy atom. The molecule has 0 aliphatic rings. The van der Waals surface area contributed by atoms with Crippen LogP contribution < -0.4 is 0 Å². The second kappa shape index (κ2) is 40.8. The van der Waals surface area contributed by atoms with E-state index in [1.54, 1.807) is 0 Å². The van der Waals surface area contributed by atoms with Gasteiger partial charge in [-0.3, -0.25) is 9.59 Å². The first-order chi connectivity index (χ1) is 28.6. The predicted octanol–water partition coefficient (Wildman–Crippen LogP) is 12.5. The summed E-state index contributed by atoms with van der Waals surface area (Å²) in [6.07, 6.45) is 55.7. The van der Waals surface area contributed by atoms with Crippen LogP contribution in [0.15, 0.2) is 109 Å². The number of carboxylic acid groups (broad SMARTS) is 1. The number of likely N-dealkylation sites (N-methyl/N-ethyl adjacent to an activating group) is 1. The van der Waals surface area contributed by atoms with Crippen LogP contribution >= 0.6 is 0 Å². The van der Waals surface area contributed by atoms with Crippen LogP contribution in [-0.4, -0.2) is 80.6 Å². The van der Waals surface area contributed by atoms with Gasteiger partial charge in [-0.2, -0.15) is 0 Å². The second-order valence-corrected chi connectivity index (χ2v) is 15.5. The maximum absolute atomic E-state index is 12.7. The summed E-state index contributed by atoms with van der Waals surface area (Å²) < 4.78 is 17.2. The molecule has 0 heterocycles. The molecule has 0 bridgehead atoms. The Morgan fingerprint density at radius 1 is 0.508 bits per heavy atom. The Hall–Kier alpha value is -4.01. The van der Waals surface area contributed by atoms with Gasteiger partial charge in [-0.25, -0.2) is 4.79 Å². The topological polar surface area (TPSA) is 99.1 Å². The molecule has 0 aliphatic carbocycles. The molecule has 0 saturated heterocycles. The van der Waals surface area contributed by atoms with E-state index in [0.29, 0.717) is 19.3 Å². The van der Waals surface area contributed by atoms with Gasteiger partial charge in [0.05, 0.1) is 34.4 Å². The largest absolute Gasteiger partial charge is 0.477 e. The minimum Gasteiger partial charge on any atom is -0.477 e. The summed E-state index contributed by atoms with van der Waals surface area (Å²) in [7, 11) is 5.49. The van der Waals surface area contributed by atoms with Gasteiger partial charge in [0, 0.05) is 19.3 Å². The van der Waals surface area contributed by atoms with Crippen molar-refractivity contribution in [2.24, 2.45) is 0 Å². The first-order valence-corrected chi connectivity index (χ1v) is 22.4. The van der Waals surface area contributed by atoms with Crippen molar-refractivity contribution in [2.45, 2.75) is 154 Å². The highest BCUT2D eigenvalue weighted by Gasteiger charge is 2.31. The van der Waals surface area contributed by atoms with Gasteiger partial charge in [0.2, 0.25) is 0 Å². The van der Waals surface area contributed by atoms with Crippen molar-refractivity contribution >= 4 is 17.9 Å². The van der Waals surface area contributed by atoms with E-state index in [9.17, 15) is 19.5 Å². The van der Waals surface area contributed by atoms with Gasteiger partial charge >= 0.3 is 17.9 Å². The molecule has 2 unspecified atom stereocenters. The molecule has 0 spiro atoms. The number of aliphatic carboxylic acids is 1. The van der Waals surface area contributed by atoms with Crippen LogP contribution in [0.5, 0.6) is 0 Å². The number of hydrogen-bond acceptors (Lipinski definition) is 6. The minimum absolute atomic E-state index is 0.0303. The fraction of sp³-hybridized carbons (Fsp3) is 0.588. The average Bonchev–Trinajstić information content (AvgIpc) is 3.19. The normalized spacial score (nSPS) is 14.0. The lowest BCUT2D eigenvalue weighted by atomic mass is 10.1. The summed E-state index contributed by atoms with van der Waals surface area (Å²) in [5, 5.41) is 9.62. The van der Waals surface area contributed by atoms with Crippen LogP contribution in [-0.2, 0) is 28.6 Å². The molecule has 0 aromatic rings. The maximum Gasteiger partial charge on any atom is 0.362 e. The Bertz CT molecular complexity index is 1330. The van der Waals surface area contributed by atoms with Crippen LogP contribution in [0.4, 0.5) is 0 Å². The Morgan fingerprint density at radius 3 is 1.34 bits per heavy atom. The van der Waals surface area contributed by atoms with E-state index in [0.717, 1.165) is 103 Å². The van der Waals surface area contributed by atoms with Gasteiger partial charge in [0.1, 0.15) is 6.61 Å². The lowest BCUT2D eigenvalue weighted by Gasteiger charge is -2.31. The van der Waals surface area contributed by atoms with Crippen LogP contribution in [0.2, 0.25) is 0 Å². The number of ether oxygens (including phenoxy) is 3. The molecule has 0 fully saturated rings. The van der Waals surface area contributed by atoms with Crippen LogP contribution in [0.3, 0.4) is 0 Å². The molecule has 0 radical (unpaired) electrons. The molecule has 0 amide bonds. The van der Waals surface area contributed by atoms with E-state index in [1.165, 1.54) is 0 Å². The number of hydrogen-bond donors (Lipinski definition) is 1. The predicted molar refractivity (Wildman–Crippen MR) is 247 cm³/mol. The number of quaternary nitrogens is 1. The SMILES string of the molecule is CC/C=C/C/C=C/C/C=C/C/C=C/C/C=C/C/C=C/CCCCCCC(=O)OC(COCCC(C(=O)O)[N+](C)(C)C)COC(=O)CCCC/C=C/C/C=C/C/C=C/CC. The van der Waals surface area contributed by atoms with E-state index in [4.69, 9.17) is 14.2 Å². The number of unbranched alkanes of at least 4 members (excludes halogenated alkanes) is 6. The third kappa shape index (κ3) is 39.2. The van der Waals surface area contributed by atoms with E-state index in [2.05, 4.69) is 123 Å². The second-order valence-electron chi connectivity index (χ2n) is 15.5. The zero-order valence-electron chi connectivity index (χ0n) is 37.7. The van der Waals surface area contributed by atoms with Crippen molar-refractivity contribution in [3.8, 4) is 0 Å². The Labute approximate surface area is 359 Å². The highest BCUT2D eigenvalue weighted by molar-refractivity contribution is 5.72. The van der Waals surface area contributed by atoms with E-state index >= 15 is 0 Å². The molecule has 59 heavy (non-hydrogen) atoms. The van der Waals surface area contributed by atoms with Crippen molar-refractivity contribution in [3.05, 3.63) is 109 Å². The van der Waals surface area contributed by atoms with Crippen molar-refractivity contribution in [1.82, 2.24) is 0 Å². The van der Waals surface area contributed by atoms with Gasteiger partial charge in [0.25, 0.3) is 0 Å². The molecular formula is C51H82NO7+. The highest BCUT2D eigenvalue weighted by atomic mass is 16.6. The van der Waals surface area contributed by atoms with Crippen molar-refractivity contribution in [1.29, 1.82) is 0 Å². The summed E-state index contributed by atoms with van der Waals surface area (Å²) >= 11 is 0. The van der Waals surface area contributed by atoms with Crippen molar-refractivity contribution < 1.29 is 38.2 Å². The summed E-state index contributed by atoms with van der Waals surface area (Å²) in [5.74, 6) is -1.57. The molecule has 0 aromatic heterocycles. The molecule has 2 atom stereocenters. The summed E-state index contributed by atoms with van der Waals surface area (Å²) in [6.45, 7) is 4.40. The average molecular weight is 821 g/mol. The number of carboxylic acids is 1. The molecular weight excluding hydrogens is 739 g/mol. The summed E-state index contributed by atoms with van der Waals surface area (Å²) in [6, 6.07) is -0.632. The lowest BCUT2D eigenvalue weighted by molar-refractivity contribution is -0.887. The summed E-state index contributed by atoms with van der Waals surface area (Å²) in [5.41, 5.74) is 0. The number of rotatable bonds is 38. The Balaban J connectivity index is 4.42. The molecule has 0 aliphatic heterocycles. The van der Waals surface area contributed by atoms with Crippen LogP contribution in [0, 0.1) is 0 Å². The van der Waals surface area contributed by atoms with Gasteiger partial charge in [-0.15, -0.1) is 0 Å². The fourth-order valence-electron chi connectivity index (χ4n) is 5.75. The lowest BCUT2D eigenvalue weighted by Crippen LogP contribution is -2.50. The minimum atomic E-state index is -0.891. The van der Waals surface area contributed by atoms with E-state index < -0.39 is 18.1 Å². The van der Waals surface area contributed by atoms with Crippen molar-refractivity contribution in [3.63, 3.8) is 0 Å². The zero-order valence-corrected chi connectivity index (χ0v) is 37.7. The third-order valence-electron chi connectivity index (χ3n) is 9.17. The standard InChI is InChI=1S/C51H81NO7/c1-6-8-10-12-14-16-18-20-21-22-23-24-25-26-27-28-29-30-32-34-36-38-40-42-50(54)59-47(45-57-44-43-48(51(55)56)52(3,4)5)46-58-49(53)41-39-37-35-33-31-19-17-15-13-11-9-7-2/h8-11,14-17,20-21,23-24,26-27,29-31,33,47-48H,6-7,12-13,18-19,22,25,28,32,34-46H2,1-5H3/p+1/b10-8+,11-9+,16-14+,17-15+,21-20+,24-23+,27-26+,30-29+,33-31+. The van der Waals surface area contributed by atoms with Gasteiger partial charge < -0.3 is 23.8 Å². The molecule has 1 N–H and O–H groups in total. The quantitative estimate of drug-likeness (QED) is 0.0287. The number of allylic oxidation sites excluding steroid dienone is 18. The van der Waals surface area contributed by atoms with E-state index in [-0.39, 0.29) is 42.7 Å². The zero-order chi connectivity index (χ0) is 43.5. The third-order valence-corrected chi connectivity index (χ3v) is 9.17. The van der Waals surface area contributed by atoms with Gasteiger partial charge in [0.15, 0.2) is 12.1 Å². The smallest absolute Gasteiger partial charge is 0.362 e. The first-order valence-electron chi connectivity index (χ1n) is 22.4. The highest BCUT2D eigenvalue weighted by Crippen LogP contribution is 2.12. The number of carbonyl (C=O) groups is 3. The van der Waals surface area contributed by atoms with Gasteiger partial charge in [-0.1, -0.05) is 136 Å². The molecule has 8 nitrogen and oxygen atoms in total. The maximum atomic E-state index is 12.7. The molecule has 0 saturated carbocycles. The Kier molecular flexibility index (Phi) is 38.0. The number of carbonyl (C=O) groups excluding carboxylic acids is 2.